The second-order valence-electron chi connectivity index (χ2n) is 4.46. The topological polar surface area (TPSA) is 42.1 Å². The maximum atomic E-state index is 6.13. The molecular formula is C11H15Cl2N3. The number of nitrogens with zero attached hydrogens (tertiary/aromatic N) is 2. The zero-order valence-corrected chi connectivity index (χ0v) is 10.7. The molecule has 2 heterocycles. The van der Waals surface area contributed by atoms with Crippen LogP contribution in [-0.2, 0) is 0 Å². The Labute approximate surface area is 106 Å². The molecule has 0 saturated carbocycles. The van der Waals surface area contributed by atoms with Gasteiger partial charge in [-0.3, -0.25) is 0 Å². The summed E-state index contributed by atoms with van der Waals surface area (Å²) in [5, 5.41) is 1.15. The standard InChI is InChI=1S/C11H15Cl2N3/c1-7-2-9(14)6-16(5-7)11-10(13)3-8(12)4-15-11/h3-4,7,9H,2,5-6,14H2,1H3. The fourth-order valence-corrected chi connectivity index (χ4v) is 2.71. The van der Waals surface area contributed by atoms with Gasteiger partial charge >= 0.3 is 0 Å². The first-order valence-electron chi connectivity index (χ1n) is 5.38. The van der Waals surface area contributed by atoms with Gasteiger partial charge in [0.05, 0.1) is 10.0 Å². The van der Waals surface area contributed by atoms with Gasteiger partial charge in [-0.2, -0.15) is 0 Å². The number of hydrogen-bond acceptors (Lipinski definition) is 3. The number of piperidine rings is 1. The van der Waals surface area contributed by atoms with E-state index in [0.29, 0.717) is 16.0 Å². The van der Waals surface area contributed by atoms with E-state index >= 15 is 0 Å². The van der Waals surface area contributed by atoms with Crippen LogP contribution in [0.1, 0.15) is 13.3 Å². The molecule has 2 unspecified atom stereocenters. The minimum atomic E-state index is 0.192. The molecule has 16 heavy (non-hydrogen) atoms. The Balaban J connectivity index is 2.23. The van der Waals surface area contributed by atoms with Crippen LogP contribution in [0.5, 0.6) is 0 Å². The molecule has 0 bridgehead atoms. The summed E-state index contributed by atoms with van der Waals surface area (Å²) in [5.74, 6) is 1.35. The molecule has 1 aliphatic rings. The Bertz CT molecular complexity index is 373. The summed E-state index contributed by atoms with van der Waals surface area (Å²) in [5.41, 5.74) is 5.99. The first-order chi connectivity index (χ1) is 7.56. The molecular weight excluding hydrogens is 245 g/mol. The van der Waals surface area contributed by atoms with E-state index in [1.165, 1.54) is 0 Å². The van der Waals surface area contributed by atoms with Crippen LogP contribution in [0.15, 0.2) is 12.3 Å². The highest BCUT2D eigenvalue weighted by Crippen LogP contribution is 2.29. The summed E-state index contributed by atoms with van der Waals surface area (Å²) in [6.07, 6.45) is 2.68. The minimum Gasteiger partial charge on any atom is -0.354 e. The quantitative estimate of drug-likeness (QED) is 0.843. The van der Waals surface area contributed by atoms with Gasteiger partial charge in [0.15, 0.2) is 0 Å². The Morgan fingerprint density at radius 3 is 2.81 bits per heavy atom. The average molecular weight is 260 g/mol. The predicted octanol–water partition coefficient (Wildman–Crippen LogP) is 2.56. The molecule has 0 aliphatic carbocycles. The monoisotopic (exact) mass is 259 g/mol. The Hall–Kier alpha value is -0.510. The van der Waals surface area contributed by atoms with E-state index < -0.39 is 0 Å². The van der Waals surface area contributed by atoms with Gasteiger partial charge in [-0.25, -0.2) is 4.98 Å². The third kappa shape index (κ3) is 2.59. The molecule has 0 aromatic carbocycles. The Kier molecular flexibility index (Phi) is 3.57. The molecule has 5 heteroatoms. The summed E-state index contributed by atoms with van der Waals surface area (Å²) >= 11 is 12.0. The third-order valence-corrected chi connectivity index (χ3v) is 3.26. The lowest BCUT2D eigenvalue weighted by Crippen LogP contribution is -2.46. The van der Waals surface area contributed by atoms with Gasteiger partial charge < -0.3 is 10.6 Å². The number of anilines is 1. The number of rotatable bonds is 1. The fourth-order valence-electron chi connectivity index (χ4n) is 2.21. The molecule has 2 rings (SSSR count). The summed E-state index contributed by atoms with van der Waals surface area (Å²) in [7, 11) is 0. The van der Waals surface area contributed by atoms with Crippen LogP contribution in [0.4, 0.5) is 5.82 Å². The maximum absolute atomic E-state index is 6.13. The van der Waals surface area contributed by atoms with Gasteiger partial charge in [-0.15, -0.1) is 0 Å². The second kappa shape index (κ2) is 4.78. The Morgan fingerprint density at radius 2 is 2.19 bits per heavy atom. The third-order valence-electron chi connectivity index (χ3n) is 2.78. The van der Waals surface area contributed by atoms with Crippen LogP contribution >= 0.6 is 23.2 Å². The molecule has 0 amide bonds. The van der Waals surface area contributed by atoms with Crippen molar-refractivity contribution >= 4 is 29.0 Å². The van der Waals surface area contributed by atoms with Gasteiger partial charge in [0.1, 0.15) is 5.82 Å². The van der Waals surface area contributed by atoms with Crippen LogP contribution in [0, 0.1) is 5.92 Å². The van der Waals surface area contributed by atoms with Crippen molar-refractivity contribution < 1.29 is 0 Å². The molecule has 88 valence electrons. The summed E-state index contributed by atoms with van der Waals surface area (Å²) in [4.78, 5) is 6.41. The predicted molar refractivity (Wildman–Crippen MR) is 68.2 cm³/mol. The van der Waals surface area contributed by atoms with E-state index in [1.54, 1.807) is 12.3 Å². The molecule has 1 saturated heterocycles. The summed E-state index contributed by atoms with van der Waals surface area (Å²) in [6.45, 7) is 3.94. The largest absolute Gasteiger partial charge is 0.354 e. The van der Waals surface area contributed by atoms with Crippen LogP contribution < -0.4 is 10.6 Å². The van der Waals surface area contributed by atoms with Crippen molar-refractivity contribution in [3.05, 3.63) is 22.3 Å². The maximum Gasteiger partial charge on any atom is 0.147 e. The van der Waals surface area contributed by atoms with Gasteiger partial charge in [0, 0.05) is 25.3 Å². The normalized spacial score (nSPS) is 25.9. The highest BCUT2D eigenvalue weighted by molar-refractivity contribution is 6.36. The smallest absolute Gasteiger partial charge is 0.147 e. The number of nitrogens with two attached hydrogens (primary N) is 1. The minimum absolute atomic E-state index is 0.192. The molecule has 0 spiro atoms. The van der Waals surface area contributed by atoms with Crippen molar-refractivity contribution in [2.45, 2.75) is 19.4 Å². The van der Waals surface area contributed by atoms with Crippen molar-refractivity contribution in [2.24, 2.45) is 11.7 Å². The zero-order valence-electron chi connectivity index (χ0n) is 9.16. The molecule has 2 atom stereocenters. The van der Waals surface area contributed by atoms with Crippen LogP contribution in [0.2, 0.25) is 10.0 Å². The van der Waals surface area contributed by atoms with Crippen molar-refractivity contribution in [3.63, 3.8) is 0 Å². The number of halogens is 2. The molecule has 2 N–H and O–H groups in total. The lowest BCUT2D eigenvalue weighted by molar-refractivity contribution is 0.400. The first kappa shape index (κ1) is 12.0. The van der Waals surface area contributed by atoms with Gasteiger partial charge in [0.2, 0.25) is 0 Å². The van der Waals surface area contributed by atoms with Crippen molar-refractivity contribution in [1.29, 1.82) is 0 Å². The number of hydrogen-bond donors (Lipinski definition) is 1. The molecule has 0 radical (unpaired) electrons. The van der Waals surface area contributed by atoms with Gasteiger partial charge in [-0.05, 0) is 18.4 Å². The highest BCUT2D eigenvalue weighted by atomic mass is 35.5. The van der Waals surface area contributed by atoms with Crippen molar-refractivity contribution in [1.82, 2.24) is 4.98 Å². The van der Waals surface area contributed by atoms with E-state index in [1.807, 2.05) is 0 Å². The summed E-state index contributed by atoms with van der Waals surface area (Å²) < 4.78 is 0. The van der Waals surface area contributed by atoms with Crippen molar-refractivity contribution in [3.8, 4) is 0 Å². The fraction of sp³-hybridized carbons (Fsp3) is 0.545. The highest BCUT2D eigenvalue weighted by Gasteiger charge is 2.24. The summed E-state index contributed by atoms with van der Waals surface area (Å²) in [6, 6.07) is 1.91. The molecule has 1 aromatic heterocycles. The second-order valence-corrected chi connectivity index (χ2v) is 5.31. The van der Waals surface area contributed by atoms with Crippen LogP contribution in [0.25, 0.3) is 0 Å². The molecule has 3 nitrogen and oxygen atoms in total. The molecule has 1 aromatic rings. The van der Waals surface area contributed by atoms with Crippen molar-refractivity contribution in [2.75, 3.05) is 18.0 Å². The lowest BCUT2D eigenvalue weighted by Gasteiger charge is -2.35. The SMILES string of the molecule is CC1CC(N)CN(c2ncc(Cl)cc2Cl)C1. The van der Waals surface area contributed by atoms with E-state index in [2.05, 4.69) is 16.8 Å². The Morgan fingerprint density at radius 1 is 1.44 bits per heavy atom. The van der Waals surface area contributed by atoms with E-state index in [9.17, 15) is 0 Å². The van der Waals surface area contributed by atoms with E-state index in [4.69, 9.17) is 28.9 Å². The van der Waals surface area contributed by atoms with Gasteiger partial charge in [0.25, 0.3) is 0 Å². The molecule has 1 fully saturated rings. The zero-order chi connectivity index (χ0) is 11.7. The first-order valence-corrected chi connectivity index (χ1v) is 6.13. The number of aromatic nitrogens is 1. The lowest BCUT2D eigenvalue weighted by atomic mass is 9.97. The number of pyridine rings is 1. The van der Waals surface area contributed by atoms with Gasteiger partial charge in [-0.1, -0.05) is 30.1 Å². The van der Waals surface area contributed by atoms with Crippen LogP contribution in [0.3, 0.4) is 0 Å². The average Bonchev–Trinajstić information content (AvgIpc) is 2.15. The molecule has 1 aliphatic heterocycles. The van der Waals surface area contributed by atoms with E-state index in [0.717, 1.165) is 25.3 Å². The van der Waals surface area contributed by atoms with E-state index in [-0.39, 0.29) is 6.04 Å². The van der Waals surface area contributed by atoms with Crippen LogP contribution in [-0.4, -0.2) is 24.1 Å².